The van der Waals surface area contributed by atoms with Gasteiger partial charge in [0.15, 0.2) is 38.3 Å². The predicted molar refractivity (Wildman–Crippen MR) is 133 cm³/mol. The van der Waals surface area contributed by atoms with E-state index in [-0.39, 0.29) is 15.6 Å². The molecule has 3 rings (SSSR count). The summed E-state index contributed by atoms with van der Waals surface area (Å²) in [5.74, 6) is -4.59. The normalized spacial score (nSPS) is 18.5. The first-order chi connectivity index (χ1) is 17.8. The maximum atomic E-state index is 13.3. The number of aromatic hydroxyl groups is 1. The molecule has 0 bridgehead atoms. The lowest BCUT2D eigenvalue weighted by atomic mass is 9.74. The number of rotatable bonds is 11. The number of ketones is 1. The molecule has 1 saturated heterocycles. The van der Waals surface area contributed by atoms with Gasteiger partial charge in [0.25, 0.3) is 5.91 Å². The van der Waals surface area contributed by atoms with E-state index in [0.29, 0.717) is 17.3 Å². The molecule has 1 aliphatic heterocycles. The number of thiazole rings is 1. The Labute approximate surface area is 224 Å². The predicted octanol–water partition coefficient (Wildman–Crippen LogP) is -0.733. The molecule has 5 N–H and O–H groups in total. The number of carbonyl (C=O) groups excluding carboxylic acids is 2. The molecule has 0 aliphatic carbocycles. The lowest BCUT2D eigenvalue weighted by Gasteiger charge is -2.50. The summed E-state index contributed by atoms with van der Waals surface area (Å²) in [5.41, 5.74) is 2.27. The van der Waals surface area contributed by atoms with Crippen LogP contribution in [0.25, 0.3) is 0 Å². The van der Waals surface area contributed by atoms with Crippen LogP contribution in [0, 0.1) is 5.92 Å². The molecule has 1 amide bonds. The number of aromatic nitrogens is 2. The van der Waals surface area contributed by atoms with Crippen molar-refractivity contribution < 1.29 is 50.4 Å². The van der Waals surface area contributed by atoms with Crippen LogP contribution in [0.2, 0.25) is 0 Å². The standard InChI is InChI=1S/C19H23N5O12S3/c1-19(2)9(17(28)24(19)36-39(32,33)34)4-13(26)16(10-7-37-18(20)21-10)22-35-15(8-38(3,30)31)11-5-12(25)14(27)6-23(11)29/h5-7,9,15,27,29H,4,8H2,1-3H3,(H2,20,21)(H,32,33,34)/b22-16-/t9-,15?/m1/s1. The highest BCUT2D eigenvalue weighted by Crippen LogP contribution is 2.40. The number of hydroxylamine groups is 2. The quantitative estimate of drug-likeness (QED) is 0.0805. The van der Waals surface area contributed by atoms with Crippen LogP contribution in [-0.4, -0.2) is 81.4 Å². The van der Waals surface area contributed by atoms with Gasteiger partial charge in [-0.3, -0.25) is 18.9 Å². The summed E-state index contributed by atoms with van der Waals surface area (Å²) in [6, 6.07) is 0.711. The van der Waals surface area contributed by atoms with E-state index in [2.05, 4.69) is 14.4 Å². The minimum Gasteiger partial charge on any atom is -0.503 e. The molecule has 1 aliphatic rings. The summed E-state index contributed by atoms with van der Waals surface area (Å²) in [6.45, 7) is 2.75. The molecule has 2 aromatic rings. The first kappa shape index (κ1) is 30.0. The summed E-state index contributed by atoms with van der Waals surface area (Å²) >= 11 is 0.922. The summed E-state index contributed by atoms with van der Waals surface area (Å²) in [5, 5.41) is 25.1. The van der Waals surface area contributed by atoms with E-state index >= 15 is 0 Å². The second-order valence-corrected chi connectivity index (χ2v) is 13.0. The van der Waals surface area contributed by atoms with Crippen molar-refractivity contribution in [1.29, 1.82) is 0 Å². The van der Waals surface area contributed by atoms with Gasteiger partial charge in [0.2, 0.25) is 5.43 Å². The molecular formula is C19H23N5O12S3. The number of hydrogen-bond donors (Lipinski definition) is 4. The van der Waals surface area contributed by atoms with Gasteiger partial charge in [0.1, 0.15) is 11.4 Å². The second-order valence-electron chi connectivity index (χ2n) is 8.96. The van der Waals surface area contributed by atoms with Crippen molar-refractivity contribution in [2.24, 2.45) is 11.1 Å². The van der Waals surface area contributed by atoms with Crippen molar-refractivity contribution >= 4 is 54.1 Å². The van der Waals surface area contributed by atoms with Gasteiger partial charge in [-0.25, -0.2) is 13.4 Å². The molecule has 0 saturated carbocycles. The highest BCUT2D eigenvalue weighted by atomic mass is 32.3. The van der Waals surface area contributed by atoms with E-state index in [1.54, 1.807) is 0 Å². The third-order valence-corrected chi connectivity index (χ3v) is 7.48. The van der Waals surface area contributed by atoms with Crippen molar-refractivity contribution in [2.45, 2.75) is 31.9 Å². The summed E-state index contributed by atoms with van der Waals surface area (Å²) < 4.78 is 59.5. The zero-order chi connectivity index (χ0) is 29.5. The van der Waals surface area contributed by atoms with Crippen LogP contribution >= 0.6 is 11.3 Å². The Morgan fingerprint density at radius 1 is 1.31 bits per heavy atom. The van der Waals surface area contributed by atoms with Crippen molar-refractivity contribution in [3.05, 3.63) is 39.3 Å². The number of oxime groups is 1. The first-order valence-electron chi connectivity index (χ1n) is 10.6. The number of nitrogens with two attached hydrogens (primary N) is 1. The maximum Gasteiger partial charge on any atom is 0.418 e. The Morgan fingerprint density at radius 3 is 2.46 bits per heavy atom. The Morgan fingerprint density at radius 2 is 1.95 bits per heavy atom. The SMILES string of the molecule is CC1(C)[C@H](CC(=O)/C(=N\OC(CS(C)(=O)=O)c2cc(=O)c(O)cn2O)c2csc(N)n2)C(=O)N1OS(=O)(=O)O. The van der Waals surface area contributed by atoms with Crippen LogP contribution in [0.1, 0.15) is 37.8 Å². The molecule has 0 radical (unpaired) electrons. The van der Waals surface area contributed by atoms with Gasteiger partial charge >= 0.3 is 10.4 Å². The minimum absolute atomic E-state index is 0.0219. The van der Waals surface area contributed by atoms with Gasteiger partial charge in [-0.05, 0) is 13.8 Å². The topological polar surface area (TPSA) is 258 Å². The number of pyridine rings is 1. The minimum atomic E-state index is -5.02. The molecule has 0 spiro atoms. The van der Waals surface area contributed by atoms with Gasteiger partial charge < -0.3 is 20.9 Å². The van der Waals surface area contributed by atoms with Crippen LogP contribution in [0.3, 0.4) is 0 Å². The lowest BCUT2D eigenvalue weighted by Crippen LogP contribution is -2.68. The monoisotopic (exact) mass is 609 g/mol. The largest absolute Gasteiger partial charge is 0.503 e. The molecule has 2 aromatic heterocycles. The zero-order valence-corrected chi connectivity index (χ0v) is 22.9. The molecular weight excluding hydrogens is 586 g/mol. The number of carbonyl (C=O) groups is 2. The Balaban J connectivity index is 1.97. The van der Waals surface area contributed by atoms with Crippen LogP contribution in [0.15, 0.2) is 27.6 Å². The summed E-state index contributed by atoms with van der Waals surface area (Å²) in [7, 11) is -8.85. The third-order valence-electron chi connectivity index (χ3n) is 5.56. The van der Waals surface area contributed by atoms with Gasteiger partial charge in [-0.1, -0.05) is 5.16 Å². The van der Waals surface area contributed by atoms with Crippen LogP contribution < -0.4 is 11.2 Å². The summed E-state index contributed by atoms with van der Waals surface area (Å²) in [6.07, 6.45) is -0.780. The molecule has 214 valence electrons. The Hall–Kier alpha value is -3.59. The van der Waals surface area contributed by atoms with Crippen molar-refractivity contribution in [1.82, 2.24) is 14.8 Å². The molecule has 1 fully saturated rings. The Bertz CT molecular complexity index is 1610. The molecule has 20 heteroatoms. The van der Waals surface area contributed by atoms with Crippen LogP contribution in [-0.2, 0) is 38.9 Å². The number of Topliss-reactive ketones (excluding diaryl/α,β-unsaturated/α-hetero) is 1. The second kappa shape index (κ2) is 10.5. The van der Waals surface area contributed by atoms with E-state index in [4.69, 9.17) is 15.1 Å². The molecule has 1 unspecified atom stereocenters. The molecule has 39 heavy (non-hydrogen) atoms. The average molecular weight is 610 g/mol. The first-order valence-corrected chi connectivity index (χ1v) is 14.9. The Kier molecular flexibility index (Phi) is 8.08. The highest BCUT2D eigenvalue weighted by molar-refractivity contribution is 7.90. The van der Waals surface area contributed by atoms with E-state index < -0.39 is 84.2 Å². The highest BCUT2D eigenvalue weighted by Gasteiger charge is 2.57. The van der Waals surface area contributed by atoms with Gasteiger partial charge in [0.05, 0.1) is 23.4 Å². The van der Waals surface area contributed by atoms with E-state index in [0.717, 1.165) is 17.6 Å². The van der Waals surface area contributed by atoms with Crippen molar-refractivity contribution in [2.75, 3.05) is 17.7 Å². The number of β-lactam (4-membered cyclic amide) rings is 1. The van der Waals surface area contributed by atoms with E-state index in [1.807, 2.05) is 0 Å². The van der Waals surface area contributed by atoms with Gasteiger partial charge in [-0.15, -0.1) is 15.6 Å². The van der Waals surface area contributed by atoms with Crippen LogP contribution in [0.4, 0.5) is 5.13 Å². The maximum absolute atomic E-state index is 13.3. The van der Waals surface area contributed by atoms with Gasteiger partial charge in [0, 0.05) is 24.1 Å². The fourth-order valence-electron chi connectivity index (χ4n) is 3.62. The smallest absolute Gasteiger partial charge is 0.418 e. The number of nitrogens with zero attached hydrogens (tertiary/aromatic N) is 4. The number of nitrogen functional groups attached to an aromatic ring is 1. The lowest BCUT2D eigenvalue weighted by molar-refractivity contribution is -0.228. The summed E-state index contributed by atoms with van der Waals surface area (Å²) in [4.78, 5) is 46.9. The number of hydrogen-bond acceptors (Lipinski definition) is 15. The molecule has 2 atom stereocenters. The van der Waals surface area contributed by atoms with E-state index in [9.17, 15) is 41.5 Å². The molecule has 3 heterocycles. The van der Waals surface area contributed by atoms with Crippen molar-refractivity contribution in [3.8, 4) is 5.75 Å². The number of anilines is 1. The van der Waals surface area contributed by atoms with Crippen molar-refractivity contribution in [3.63, 3.8) is 0 Å². The number of sulfone groups is 1. The fraction of sp³-hybridized carbons (Fsp3) is 0.421. The molecule has 0 aromatic carbocycles. The van der Waals surface area contributed by atoms with Gasteiger partial charge in [-0.2, -0.15) is 18.2 Å². The fourth-order valence-corrected chi connectivity index (χ4v) is 5.40. The molecule has 17 nitrogen and oxygen atoms in total. The van der Waals surface area contributed by atoms with E-state index in [1.165, 1.54) is 19.2 Å². The number of amides is 1. The zero-order valence-electron chi connectivity index (χ0n) is 20.4. The average Bonchev–Trinajstić information content (AvgIpc) is 3.21. The van der Waals surface area contributed by atoms with Crippen LogP contribution in [0.5, 0.6) is 5.75 Å². The third kappa shape index (κ3) is 6.89.